The zero-order valence-electron chi connectivity index (χ0n) is 17.2. The van der Waals surface area contributed by atoms with E-state index >= 15 is 0 Å². The fourth-order valence-electron chi connectivity index (χ4n) is 3.85. The van der Waals surface area contributed by atoms with Gasteiger partial charge in [-0.2, -0.15) is 0 Å². The van der Waals surface area contributed by atoms with Crippen LogP contribution in [0.2, 0.25) is 0 Å². The molecule has 30 heavy (non-hydrogen) atoms. The molecule has 0 bridgehead atoms. The summed E-state index contributed by atoms with van der Waals surface area (Å²) >= 11 is 5.48. The van der Waals surface area contributed by atoms with Gasteiger partial charge in [-0.1, -0.05) is 30.3 Å². The average molecular weight is 426 g/mol. The van der Waals surface area contributed by atoms with Gasteiger partial charge in [-0.15, -0.1) is 0 Å². The van der Waals surface area contributed by atoms with Crippen LogP contribution in [0.25, 0.3) is 0 Å². The zero-order chi connectivity index (χ0) is 21.0. The summed E-state index contributed by atoms with van der Waals surface area (Å²) in [6, 6.07) is 17.2. The van der Waals surface area contributed by atoms with Gasteiger partial charge >= 0.3 is 0 Å². The SMILES string of the molecule is CC1(c2ccc(Oc3ccccc3)cc2)NC(=S)N(CCCN2CCOCC2)C1=O. The molecule has 1 N–H and O–H groups in total. The average Bonchev–Trinajstić information content (AvgIpc) is 2.99. The highest BCUT2D eigenvalue weighted by Gasteiger charge is 2.46. The van der Waals surface area contributed by atoms with Crippen LogP contribution in [0.15, 0.2) is 54.6 Å². The number of carbonyl (C=O) groups is 1. The van der Waals surface area contributed by atoms with Crippen molar-refractivity contribution in [2.45, 2.75) is 18.9 Å². The van der Waals surface area contributed by atoms with Crippen molar-refractivity contribution < 1.29 is 14.3 Å². The molecule has 158 valence electrons. The molecule has 4 rings (SSSR count). The number of hydrogen-bond acceptors (Lipinski definition) is 5. The molecule has 2 aromatic carbocycles. The minimum atomic E-state index is -0.860. The van der Waals surface area contributed by atoms with Gasteiger partial charge < -0.3 is 14.8 Å². The lowest BCUT2D eigenvalue weighted by Gasteiger charge is -2.27. The van der Waals surface area contributed by atoms with E-state index in [4.69, 9.17) is 21.7 Å². The predicted octanol–water partition coefficient (Wildman–Crippen LogP) is 3.13. The maximum absolute atomic E-state index is 13.2. The summed E-state index contributed by atoms with van der Waals surface area (Å²) in [7, 11) is 0. The number of benzene rings is 2. The number of hydrogen-bond donors (Lipinski definition) is 1. The molecule has 0 saturated carbocycles. The Balaban J connectivity index is 1.38. The Morgan fingerprint density at radius 2 is 1.70 bits per heavy atom. The van der Waals surface area contributed by atoms with E-state index < -0.39 is 5.54 Å². The zero-order valence-corrected chi connectivity index (χ0v) is 18.0. The van der Waals surface area contributed by atoms with Crippen LogP contribution in [0.5, 0.6) is 11.5 Å². The number of ether oxygens (including phenoxy) is 2. The van der Waals surface area contributed by atoms with E-state index in [1.807, 2.05) is 61.5 Å². The first-order valence-electron chi connectivity index (χ1n) is 10.3. The van der Waals surface area contributed by atoms with Crippen molar-refractivity contribution in [3.63, 3.8) is 0 Å². The number of rotatable bonds is 7. The summed E-state index contributed by atoms with van der Waals surface area (Å²) < 4.78 is 11.2. The summed E-state index contributed by atoms with van der Waals surface area (Å²) in [6.07, 6.45) is 0.882. The van der Waals surface area contributed by atoms with Crippen molar-refractivity contribution in [3.8, 4) is 11.5 Å². The number of thiocarbonyl (C=S) groups is 1. The van der Waals surface area contributed by atoms with Crippen LogP contribution in [-0.4, -0.2) is 60.2 Å². The molecule has 2 saturated heterocycles. The molecule has 2 aliphatic rings. The third-order valence-corrected chi connectivity index (χ3v) is 5.97. The highest BCUT2D eigenvalue weighted by molar-refractivity contribution is 7.80. The van der Waals surface area contributed by atoms with Gasteiger partial charge in [-0.25, -0.2) is 0 Å². The minimum absolute atomic E-state index is 0.00814. The molecule has 0 aliphatic carbocycles. The van der Waals surface area contributed by atoms with Gasteiger partial charge in [-0.05, 0) is 55.4 Å². The third kappa shape index (κ3) is 4.48. The van der Waals surface area contributed by atoms with E-state index in [1.54, 1.807) is 4.90 Å². The van der Waals surface area contributed by atoms with Crippen LogP contribution in [-0.2, 0) is 15.1 Å². The van der Waals surface area contributed by atoms with Crippen molar-refractivity contribution >= 4 is 23.2 Å². The summed E-state index contributed by atoms with van der Waals surface area (Å²) in [5, 5.41) is 3.73. The van der Waals surface area contributed by atoms with Crippen molar-refractivity contribution in [1.82, 2.24) is 15.1 Å². The molecule has 1 atom stereocenters. The molecular weight excluding hydrogens is 398 g/mol. The topological polar surface area (TPSA) is 54.0 Å². The van der Waals surface area contributed by atoms with Gasteiger partial charge in [0.05, 0.1) is 13.2 Å². The second-order valence-corrected chi connectivity index (χ2v) is 8.15. The Bertz CT molecular complexity index is 884. The number of nitrogens with one attached hydrogen (secondary N) is 1. The van der Waals surface area contributed by atoms with Gasteiger partial charge in [0.1, 0.15) is 17.0 Å². The number of para-hydroxylation sites is 1. The molecule has 0 radical (unpaired) electrons. The second kappa shape index (κ2) is 9.12. The van der Waals surface area contributed by atoms with Crippen molar-refractivity contribution in [2.24, 2.45) is 0 Å². The lowest BCUT2D eigenvalue weighted by Crippen LogP contribution is -2.41. The summed E-state index contributed by atoms with van der Waals surface area (Å²) in [5.41, 5.74) is 0.00681. The summed E-state index contributed by atoms with van der Waals surface area (Å²) in [5.74, 6) is 1.49. The summed E-state index contributed by atoms with van der Waals surface area (Å²) in [6.45, 7) is 6.91. The quantitative estimate of drug-likeness (QED) is 0.688. The molecule has 2 fully saturated rings. The lowest BCUT2D eigenvalue weighted by molar-refractivity contribution is -0.130. The van der Waals surface area contributed by atoms with Crippen molar-refractivity contribution in [3.05, 3.63) is 60.2 Å². The molecule has 0 aromatic heterocycles. The van der Waals surface area contributed by atoms with Crippen LogP contribution < -0.4 is 10.1 Å². The highest BCUT2D eigenvalue weighted by atomic mass is 32.1. The Kier molecular flexibility index (Phi) is 6.32. The first-order valence-corrected chi connectivity index (χ1v) is 10.7. The van der Waals surface area contributed by atoms with Crippen molar-refractivity contribution in [1.29, 1.82) is 0 Å². The first-order chi connectivity index (χ1) is 14.6. The Morgan fingerprint density at radius 3 is 2.40 bits per heavy atom. The van der Waals surface area contributed by atoms with Crippen LogP contribution in [0.1, 0.15) is 18.9 Å². The first kappa shape index (κ1) is 20.8. The molecule has 7 heteroatoms. The second-order valence-electron chi connectivity index (χ2n) is 7.76. The number of morpholine rings is 1. The van der Waals surface area contributed by atoms with Gasteiger partial charge in [0, 0.05) is 26.2 Å². The number of carbonyl (C=O) groups excluding carboxylic acids is 1. The standard InChI is InChI=1S/C23H27N3O3S/c1-23(18-8-10-20(11-9-18)29-19-6-3-2-4-7-19)21(27)26(22(30)24-23)13-5-12-25-14-16-28-17-15-25/h2-4,6-11H,5,12-17H2,1H3,(H,24,30). The Labute approximate surface area is 182 Å². The van der Waals surface area contributed by atoms with Crippen LogP contribution >= 0.6 is 12.2 Å². The van der Waals surface area contributed by atoms with Crippen molar-refractivity contribution in [2.75, 3.05) is 39.4 Å². The largest absolute Gasteiger partial charge is 0.457 e. The molecule has 1 amide bonds. The van der Waals surface area contributed by atoms with E-state index in [-0.39, 0.29) is 5.91 Å². The van der Waals surface area contributed by atoms with E-state index in [0.29, 0.717) is 11.7 Å². The van der Waals surface area contributed by atoms with Crippen LogP contribution in [0.3, 0.4) is 0 Å². The highest BCUT2D eigenvalue weighted by Crippen LogP contribution is 2.31. The predicted molar refractivity (Wildman–Crippen MR) is 120 cm³/mol. The number of nitrogens with zero attached hydrogens (tertiary/aromatic N) is 2. The monoisotopic (exact) mass is 425 g/mol. The normalized spacial score (nSPS) is 22.2. The molecule has 0 spiro atoms. The maximum Gasteiger partial charge on any atom is 0.258 e. The van der Waals surface area contributed by atoms with Crippen LogP contribution in [0.4, 0.5) is 0 Å². The Hall–Kier alpha value is -2.48. The molecule has 2 aromatic rings. The minimum Gasteiger partial charge on any atom is -0.457 e. The molecule has 1 unspecified atom stereocenters. The van der Waals surface area contributed by atoms with Gasteiger partial charge in [0.25, 0.3) is 5.91 Å². The van der Waals surface area contributed by atoms with E-state index in [2.05, 4.69) is 10.2 Å². The number of amides is 1. The molecular formula is C23H27N3O3S. The van der Waals surface area contributed by atoms with Gasteiger partial charge in [0.2, 0.25) is 0 Å². The lowest BCUT2D eigenvalue weighted by atomic mass is 9.92. The summed E-state index contributed by atoms with van der Waals surface area (Å²) in [4.78, 5) is 17.3. The molecule has 6 nitrogen and oxygen atoms in total. The fourth-order valence-corrected chi connectivity index (χ4v) is 4.23. The third-order valence-electron chi connectivity index (χ3n) is 5.65. The van der Waals surface area contributed by atoms with E-state index in [1.165, 1.54) is 0 Å². The van der Waals surface area contributed by atoms with Crippen LogP contribution in [0, 0.1) is 0 Å². The Morgan fingerprint density at radius 1 is 1.03 bits per heavy atom. The fraction of sp³-hybridized carbons (Fsp3) is 0.391. The molecule has 2 heterocycles. The smallest absolute Gasteiger partial charge is 0.258 e. The van der Waals surface area contributed by atoms with Gasteiger partial charge in [-0.3, -0.25) is 14.6 Å². The van der Waals surface area contributed by atoms with E-state index in [9.17, 15) is 4.79 Å². The molecule has 2 aliphatic heterocycles. The van der Waals surface area contributed by atoms with Gasteiger partial charge in [0.15, 0.2) is 5.11 Å². The van der Waals surface area contributed by atoms with E-state index in [0.717, 1.165) is 56.3 Å². The maximum atomic E-state index is 13.2.